The molecule has 144 valence electrons. The van der Waals surface area contributed by atoms with Gasteiger partial charge in [0.15, 0.2) is 0 Å². The van der Waals surface area contributed by atoms with E-state index in [-0.39, 0.29) is 17.9 Å². The molecule has 1 heterocycles. The normalized spacial score (nSPS) is 16.1. The Kier molecular flexibility index (Phi) is 6.93. The molecule has 1 amide bonds. The van der Waals surface area contributed by atoms with Crippen molar-refractivity contribution in [3.63, 3.8) is 0 Å². The van der Waals surface area contributed by atoms with Crippen molar-refractivity contribution >= 4 is 5.91 Å². The molecule has 1 aromatic rings. The number of hydrogen-bond donors (Lipinski definition) is 1. The van der Waals surface area contributed by atoms with Gasteiger partial charge in [-0.1, -0.05) is 37.5 Å². The van der Waals surface area contributed by atoms with Gasteiger partial charge < -0.3 is 14.7 Å². The maximum atomic E-state index is 13.2. The van der Waals surface area contributed by atoms with E-state index in [0.717, 1.165) is 30.7 Å². The van der Waals surface area contributed by atoms with Gasteiger partial charge in [-0.25, -0.2) is 8.78 Å². The zero-order valence-electron chi connectivity index (χ0n) is 15.3. The van der Waals surface area contributed by atoms with Gasteiger partial charge in [0.2, 0.25) is 0 Å². The molecule has 1 aliphatic rings. The molecule has 0 aromatic heterocycles. The molecule has 1 fully saturated rings. The lowest BCUT2D eigenvalue weighted by atomic mass is 10.1. The molecule has 6 heteroatoms. The summed E-state index contributed by atoms with van der Waals surface area (Å²) in [5, 5.41) is 10.3. The van der Waals surface area contributed by atoms with Crippen molar-refractivity contribution in [1.29, 1.82) is 0 Å². The number of phenolic OH excluding ortho intramolecular Hbond substituents is 1. The van der Waals surface area contributed by atoms with Crippen LogP contribution in [0, 0.1) is 0 Å². The molecule has 0 spiro atoms. The van der Waals surface area contributed by atoms with E-state index in [0.29, 0.717) is 12.1 Å². The highest BCUT2D eigenvalue weighted by molar-refractivity contribution is 6.01. The van der Waals surface area contributed by atoms with E-state index < -0.39 is 23.6 Å². The molecule has 0 saturated carbocycles. The fourth-order valence-electron chi connectivity index (χ4n) is 2.93. The Morgan fingerprint density at radius 1 is 1.41 bits per heavy atom. The third kappa shape index (κ3) is 4.64. The fourth-order valence-corrected chi connectivity index (χ4v) is 2.93. The number of hydrogen-bond acceptors (Lipinski definition) is 3. The van der Waals surface area contributed by atoms with Crippen LogP contribution in [0.1, 0.15) is 42.1 Å². The van der Waals surface area contributed by atoms with Crippen LogP contribution in [0.4, 0.5) is 8.78 Å². The summed E-state index contributed by atoms with van der Waals surface area (Å²) in [4.78, 5) is 14.5. The van der Waals surface area contributed by atoms with Gasteiger partial charge in [-0.05, 0) is 37.5 Å². The Hall–Kier alpha value is -2.89. The highest BCUT2D eigenvalue weighted by Crippen LogP contribution is 2.37. The molecule has 27 heavy (non-hydrogen) atoms. The van der Waals surface area contributed by atoms with Gasteiger partial charge in [0, 0.05) is 17.8 Å². The molecule has 4 nitrogen and oxygen atoms in total. The number of alkyl halides is 2. The number of nitrogens with zero attached hydrogens (tertiary/aromatic N) is 1. The molecule has 0 radical (unpaired) electrons. The summed E-state index contributed by atoms with van der Waals surface area (Å²) in [6.07, 6.45) is 5.32. The van der Waals surface area contributed by atoms with Crippen molar-refractivity contribution in [1.82, 2.24) is 4.90 Å². The average Bonchev–Trinajstić information content (AvgIpc) is 3.12. The van der Waals surface area contributed by atoms with Gasteiger partial charge in [-0.3, -0.25) is 4.79 Å². The van der Waals surface area contributed by atoms with Gasteiger partial charge in [0.25, 0.3) is 12.3 Å². The molecule has 0 aliphatic carbocycles. The van der Waals surface area contributed by atoms with Crippen LogP contribution in [0.5, 0.6) is 11.5 Å². The van der Waals surface area contributed by atoms with Crippen LogP contribution >= 0.6 is 0 Å². The number of rotatable bonds is 7. The maximum Gasteiger partial charge on any atom is 0.265 e. The number of ether oxygens (including phenoxy) is 1. The molecule has 0 bridgehead atoms. The van der Waals surface area contributed by atoms with E-state index in [1.807, 2.05) is 13.0 Å². The van der Waals surface area contributed by atoms with Gasteiger partial charge in [0.1, 0.15) is 23.7 Å². The minimum atomic E-state index is -2.80. The topological polar surface area (TPSA) is 49.8 Å². The number of aromatic hydroxyl groups is 1. The van der Waals surface area contributed by atoms with Gasteiger partial charge in [0.05, 0.1) is 0 Å². The van der Waals surface area contributed by atoms with Gasteiger partial charge >= 0.3 is 0 Å². The number of carbonyl (C=O) groups is 1. The van der Waals surface area contributed by atoms with Gasteiger partial charge in [-0.15, -0.1) is 0 Å². The molecular weight excluding hydrogens is 352 g/mol. The number of benzene rings is 1. The first-order valence-electron chi connectivity index (χ1n) is 8.61. The van der Waals surface area contributed by atoms with Crippen LogP contribution in [0.3, 0.4) is 0 Å². The van der Waals surface area contributed by atoms with Crippen LogP contribution < -0.4 is 4.74 Å². The quantitative estimate of drug-likeness (QED) is 0.671. The van der Waals surface area contributed by atoms with Crippen LogP contribution in [0.25, 0.3) is 0 Å². The largest absolute Gasteiger partial charge is 0.507 e. The predicted octanol–water partition coefficient (Wildman–Crippen LogP) is 5.15. The summed E-state index contributed by atoms with van der Waals surface area (Å²) in [5.41, 5.74) is 0.949. The van der Waals surface area contributed by atoms with E-state index in [4.69, 9.17) is 4.74 Å². The number of amides is 1. The van der Waals surface area contributed by atoms with Crippen LogP contribution in [0.2, 0.25) is 0 Å². The lowest BCUT2D eigenvalue weighted by Gasteiger charge is -2.21. The first-order chi connectivity index (χ1) is 12.9. The minimum absolute atomic E-state index is 0.00158. The summed E-state index contributed by atoms with van der Waals surface area (Å²) in [7, 11) is 0. The van der Waals surface area contributed by atoms with Crippen molar-refractivity contribution < 1.29 is 23.4 Å². The second-order valence-corrected chi connectivity index (χ2v) is 6.02. The lowest BCUT2D eigenvalue weighted by Crippen LogP contribution is -2.27. The Bertz CT molecular complexity index is 797. The van der Waals surface area contributed by atoms with E-state index in [9.17, 15) is 18.7 Å². The highest BCUT2D eigenvalue weighted by atomic mass is 19.3. The molecule has 1 N–H and O–H groups in total. The monoisotopic (exact) mass is 375 g/mol. The summed E-state index contributed by atoms with van der Waals surface area (Å²) in [6.45, 7) is 9.56. The smallest absolute Gasteiger partial charge is 0.265 e. The van der Waals surface area contributed by atoms with E-state index in [1.165, 1.54) is 4.90 Å². The van der Waals surface area contributed by atoms with Gasteiger partial charge in [-0.2, -0.15) is 0 Å². The summed E-state index contributed by atoms with van der Waals surface area (Å²) >= 11 is 0. The maximum absolute atomic E-state index is 13.2. The van der Waals surface area contributed by atoms with Crippen LogP contribution in [-0.2, 0) is 0 Å². The molecule has 1 aliphatic heterocycles. The third-order valence-electron chi connectivity index (χ3n) is 4.30. The Morgan fingerprint density at radius 2 is 2.15 bits per heavy atom. The molecule has 0 atom stereocenters. The van der Waals surface area contributed by atoms with Crippen LogP contribution in [0.15, 0.2) is 60.9 Å². The number of phenols is 1. The van der Waals surface area contributed by atoms with Crippen molar-refractivity contribution in [2.75, 3.05) is 13.2 Å². The first kappa shape index (κ1) is 20.4. The van der Waals surface area contributed by atoms with Crippen LogP contribution in [-0.4, -0.2) is 29.1 Å². The molecule has 1 saturated heterocycles. The molecule has 1 aromatic carbocycles. The van der Waals surface area contributed by atoms with Crippen molar-refractivity contribution in [3.8, 4) is 11.5 Å². The average molecular weight is 375 g/mol. The second kappa shape index (κ2) is 9.16. The zero-order valence-corrected chi connectivity index (χ0v) is 15.3. The molecule has 0 unspecified atom stereocenters. The van der Waals surface area contributed by atoms with Crippen molar-refractivity contribution in [3.05, 3.63) is 72.0 Å². The lowest BCUT2D eigenvalue weighted by molar-refractivity contribution is 0.0817. The summed E-state index contributed by atoms with van der Waals surface area (Å²) in [5.74, 6) is -1.08. The molecule has 2 rings (SSSR count). The fraction of sp³-hybridized carbons (Fsp3) is 0.286. The Morgan fingerprint density at radius 3 is 2.74 bits per heavy atom. The number of halogens is 2. The Labute approximate surface area is 157 Å². The van der Waals surface area contributed by atoms with Crippen molar-refractivity contribution in [2.24, 2.45) is 0 Å². The Balaban J connectivity index is 2.45. The molecular formula is C21H23F2NO3. The minimum Gasteiger partial charge on any atom is -0.507 e. The number of carbonyl (C=O) groups excluding carboxylic acids is 1. The third-order valence-corrected chi connectivity index (χ3v) is 4.30. The van der Waals surface area contributed by atoms with E-state index >= 15 is 0 Å². The highest BCUT2D eigenvalue weighted by Gasteiger charge is 2.30. The second-order valence-electron chi connectivity index (χ2n) is 6.02. The SMILES string of the molecule is C=C/C=C(\C=C)COc1cc(C(F)F)cc(O)c1C(=O)N1CCC/C1=C\C. The van der Waals surface area contributed by atoms with Crippen molar-refractivity contribution in [2.45, 2.75) is 26.2 Å². The number of allylic oxidation sites excluding steroid dienone is 4. The van der Waals surface area contributed by atoms with E-state index in [2.05, 4.69) is 13.2 Å². The summed E-state index contributed by atoms with van der Waals surface area (Å²) < 4.78 is 31.9. The standard InChI is InChI=1S/C21H23F2NO3/c1-4-8-14(5-2)13-27-18-12-15(20(22)23)11-17(25)19(18)21(26)24-10-7-9-16(24)6-3/h4-6,8,11-12,20,25H,1-2,7,9-10,13H2,3H3/b14-8+,16-6+. The first-order valence-corrected chi connectivity index (χ1v) is 8.61. The van der Waals surface area contributed by atoms with E-state index in [1.54, 1.807) is 18.2 Å². The number of likely N-dealkylation sites (tertiary alicyclic amines) is 1. The summed E-state index contributed by atoms with van der Waals surface area (Å²) in [6, 6.07) is 2.00. The predicted molar refractivity (Wildman–Crippen MR) is 101 cm³/mol. The zero-order chi connectivity index (χ0) is 20.0.